The zero-order valence-electron chi connectivity index (χ0n) is 7.86. The second kappa shape index (κ2) is 3.72. The number of aryl methyl sites for hydroxylation is 1. The fourth-order valence-electron chi connectivity index (χ4n) is 1.84. The standard InChI is InChI=1S/C9H15N3S/c1-6-11-12-9(13-6)7-2-4-8(10)5-3-7/h7-8H,2-5,10H2,1H3. The van der Waals surface area contributed by atoms with Gasteiger partial charge in [0.05, 0.1) is 0 Å². The van der Waals surface area contributed by atoms with Crippen LogP contribution in [0.25, 0.3) is 0 Å². The molecule has 0 bridgehead atoms. The monoisotopic (exact) mass is 197 g/mol. The minimum atomic E-state index is 0.422. The Kier molecular flexibility index (Phi) is 2.60. The Bertz CT molecular complexity index is 276. The summed E-state index contributed by atoms with van der Waals surface area (Å²) in [7, 11) is 0. The first-order valence-electron chi connectivity index (χ1n) is 4.81. The van der Waals surface area contributed by atoms with Crippen LogP contribution in [0.3, 0.4) is 0 Å². The molecule has 1 aromatic rings. The van der Waals surface area contributed by atoms with Crippen molar-refractivity contribution in [2.24, 2.45) is 5.73 Å². The first-order valence-corrected chi connectivity index (χ1v) is 5.63. The molecule has 3 nitrogen and oxygen atoms in total. The number of rotatable bonds is 1. The van der Waals surface area contributed by atoms with E-state index < -0.39 is 0 Å². The van der Waals surface area contributed by atoms with Crippen LogP contribution in [0, 0.1) is 6.92 Å². The Hall–Kier alpha value is -0.480. The van der Waals surface area contributed by atoms with Crippen LogP contribution in [0.1, 0.15) is 41.6 Å². The lowest BCUT2D eigenvalue weighted by Gasteiger charge is -2.23. The van der Waals surface area contributed by atoms with Crippen molar-refractivity contribution in [1.29, 1.82) is 0 Å². The Balaban J connectivity index is 2.02. The molecule has 1 aromatic heterocycles. The summed E-state index contributed by atoms with van der Waals surface area (Å²) in [5.41, 5.74) is 5.85. The Morgan fingerprint density at radius 2 is 1.92 bits per heavy atom. The van der Waals surface area contributed by atoms with Gasteiger partial charge in [0, 0.05) is 12.0 Å². The Labute approximate surface area is 82.4 Å². The molecule has 72 valence electrons. The third-order valence-corrected chi connectivity index (χ3v) is 3.66. The van der Waals surface area contributed by atoms with Crippen LogP contribution in [-0.2, 0) is 0 Å². The maximum atomic E-state index is 5.85. The molecular formula is C9H15N3S. The largest absolute Gasteiger partial charge is 0.328 e. The summed E-state index contributed by atoms with van der Waals surface area (Å²) in [5, 5.41) is 10.5. The fraction of sp³-hybridized carbons (Fsp3) is 0.778. The fourth-order valence-corrected chi connectivity index (χ4v) is 2.71. The molecule has 0 amide bonds. The highest BCUT2D eigenvalue weighted by Crippen LogP contribution is 2.33. The van der Waals surface area contributed by atoms with Gasteiger partial charge in [-0.25, -0.2) is 0 Å². The van der Waals surface area contributed by atoms with Gasteiger partial charge in [0.2, 0.25) is 0 Å². The molecule has 13 heavy (non-hydrogen) atoms. The molecule has 1 heterocycles. The maximum Gasteiger partial charge on any atom is 0.120 e. The predicted molar refractivity (Wildman–Crippen MR) is 53.8 cm³/mol. The molecule has 2 rings (SSSR count). The first kappa shape index (κ1) is 9.09. The van der Waals surface area contributed by atoms with E-state index in [1.807, 2.05) is 6.92 Å². The van der Waals surface area contributed by atoms with Gasteiger partial charge in [-0.3, -0.25) is 0 Å². The second-order valence-electron chi connectivity index (χ2n) is 3.77. The summed E-state index contributed by atoms with van der Waals surface area (Å²) in [5.74, 6) is 0.631. The average Bonchev–Trinajstić information content (AvgIpc) is 2.53. The summed E-state index contributed by atoms with van der Waals surface area (Å²) in [4.78, 5) is 0. The van der Waals surface area contributed by atoms with Crippen molar-refractivity contribution < 1.29 is 0 Å². The van der Waals surface area contributed by atoms with Gasteiger partial charge < -0.3 is 5.73 Å². The van der Waals surface area contributed by atoms with E-state index in [1.165, 1.54) is 17.8 Å². The van der Waals surface area contributed by atoms with Crippen molar-refractivity contribution in [3.63, 3.8) is 0 Å². The first-order chi connectivity index (χ1) is 6.25. The molecule has 1 aliphatic carbocycles. The zero-order chi connectivity index (χ0) is 9.26. The van der Waals surface area contributed by atoms with Crippen molar-refractivity contribution in [2.45, 2.75) is 44.6 Å². The van der Waals surface area contributed by atoms with Gasteiger partial charge in [-0.1, -0.05) is 0 Å². The van der Waals surface area contributed by atoms with Crippen LogP contribution < -0.4 is 5.73 Å². The SMILES string of the molecule is Cc1nnc(C2CCC(N)CC2)s1. The van der Waals surface area contributed by atoms with E-state index >= 15 is 0 Å². The molecule has 0 atom stereocenters. The average molecular weight is 197 g/mol. The van der Waals surface area contributed by atoms with Crippen LogP contribution in [0.5, 0.6) is 0 Å². The lowest BCUT2D eigenvalue weighted by molar-refractivity contribution is 0.393. The van der Waals surface area contributed by atoms with E-state index in [0.29, 0.717) is 12.0 Å². The van der Waals surface area contributed by atoms with Gasteiger partial charge in [0.15, 0.2) is 0 Å². The maximum absolute atomic E-state index is 5.85. The van der Waals surface area contributed by atoms with E-state index in [1.54, 1.807) is 11.3 Å². The number of nitrogens with two attached hydrogens (primary N) is 1. The normalized spacial score (nSPS) is 29.1. The Morgan fingerprint density at radius 1 is 1.23 bits per heavy atom. The van der Waals surface area contributed by atoms with Crippen LogP contribution >= 0.6 is 11.3 Å². The second-order valence-corrected chi connectivity index (χ2v) is 4.98. The van der Waals surface area contributed by atoms with Crippen molar-refractivity contribution in [3.05, 3.63) is 10.0 Å². The predicted octanol–water partition coefficient (Wildman–Crippen LogP) is 1.83. The smallest absolute Gasteiger partial charge is 0.120 e. The molecule has 0 aliphatic heterocycles. The molecule has 1 aliphatic rings. The van der Waals surface area contributed by atoms with E-state index in [4.69, 9.17) is 5.73 Å². The van der Waals surface area contributed by atoms with E-state index in [2.05, 4.69) is 10.2 Å². The van der Waals surface area contributed by atoms with Crippen molar-refractivity contribution in [3.8, 4) is 0 Å². The van der Waals surface area contributed by atoms with Gasteiger partial charge in [-0.15, -0.1) is 21.5 Å². The highest BCUT2D eigenvalue weighted by molar-refractivity contribution is 7.11. The molecule has 1 fully saturated rings. The number of nitrogens with zero attached hydrogens (tertiary/aromatic N) is 2. The quantitative estimate of drug-likeness (QED) is 0.747. The summed E-state index contributed by atoms with van der Waals surface area (Å²) in [6.07, 6.45) is 4.66. The minimum Gasteiger partial charge on any atom is -0.328 e. The van der Waals surface area contributed by atoms with Gasteiger partial charge in [0.25, 0.3) is 0 Å². The molecule has 1 saturated carbocycles. The van der Waals surface area contributed by atoms with E-state index in [0.717, 1.165) is 17.8 Å². The van der Waals surface area contributed by atoms with Gasteiger partial charge in [0.1, 0.15) is 10.0 Å². The van der Waals surface area contributed by atoms with E-state index in [9.17, 15) is 0 Å². The van der Waals surface area contributed by atoms with Crippen molar-refractivity contribution in [2.75, 3.05) is 0 Å². The topological polar surface area (TPSA) is 51.8 Å². The summed E-state index contributed by atoms with van der Waals surface area (Å²) in [6, 6.07) is 0.422. The molecular weight excluding hydrogens is 182 g/mol. The van der Waals surface area contributed by atoms with Crippen LogP contribution in [-0.4, -0.2) is 16.2 Å². The lowest BCUT2D eigenvalue weighted by Crippen LogP contribution is -2.25. The van der Waals surface area contributed by atoms with Crippen LogP contribution in [0.15, 0.2) is 0 Å². The van der Waals surface area contributed by atoms with Gasteiger partial charge in [-0.2, -0.15) is 0 Å². The minimum absolute atomic E-state index is 0.422. The molecule has 2 N–H and O–H groups in total. The summed E-state index contributed by atoms with van der Waals surface area (Å²) in [6.45, 7) is 2.01. The van der Waals surface area contributed by atoms with Crippen LogP contribution in [0.2, 0.25) is 0 Å². The third kappa shape index (κ3) is 2.06. The number of hydrogen-bond acceptors (Lipinski definition) is 4. The molecule has 4 heteroatoms. The van der Waals surface area contributed by atoms with Crippen molar-refractivity contribution in [1.82, 2.24) is 10.2 Å². The number of aromatic nitrogens is 2. The molecule has 0 saturated heterocycles. The molecule has 0 spiro atoms. The van der Waals surface area contributed by atoms with Gasteiger partial charge >= 0.3 is 0 Å². The van der Waals surface area contributed by atoms with Crippen LogP contribution in [0.4, 0.5) is 0 Å². The van der Waals surface area contributed by atoms with Gasteiger partial charge in [-0.05, 0) is 32.6 Å². The highest BCUT2D eigenvalue weighted by atomic mass is 32.1. The summed E-state index contributed by atoms with van der Waals surface area (Å²) < 4.78 is 0. The Morgan fingerprint density at radius 3 is 2.46 bits per heavy atom. The lowest BCUT2D eigenvalue weighted by atomic mass is 9.87. The zero-order valence-corrected chi connectivity index (χ0v) is 8.68. The molecule has 0 aromatic carbocycles. The summed E-state index contributed by atoms with van der Waals surface area (Å²) >= 11 is 1.73. The van der Waals surface area contributed by atoms with Crippen molar-refractivity contribution >= 4 is 11.3 Å². The van der Waals surface area contributed by atoms with E-state index in [-0.39, 0.29) is 0 Å². The molecule has 0 unspecified atom stereocenters. The third-order valence-electron chi connectivity index (χ3n) is 2.66. The highest BCUT2D eigenvalue weighted by Gasteiger charge is 2.22. The number of hydrogen-bond donors (Lipinski definition) is 1. The molecule has 0 radical (unpaired) electrons.